The van der Waals surface area contributed by atoms with Gasteiger partial charge in [-0.05, 0) is 50.7 Å². The van der Waals surface area contributed by atoms with Crippen molar-refractivity contribution >= 4 is 5.95 Å². The summed E-state index contributed by atoms with van der Waals surface area (Å²) in [4.78, 5) is 6.70. The van der Waals surface area contributed by atoms with Crippen molar-refractivity contribution in [2.24, 2.45) is 5.92 Å². The highest BCUT2D eigenvalue weighted by molar-refractivity contribution is 5.26. The first-order valence-electron chi connectivity index (χ1n) is 8.59. The van der Waals surface area contributed by atoms with Crippen molar-refractivity contribution in [1.82, 2.24) is 15.5 Å². The fourth-order valence-corrected chi connectivity index (χ4v) is 3.25. The van der Waals surface area contributed by atoms with Crippen molar-refractivity contribution < 1.29 is 4.52 Å². The Morgan fingerprint density at radius 1 is 1.24 bits per heavy atom. The summed E-state index contributed by atoms with van der Waals surface area (Å²) >= 11 is 0. The highest BCUT2D eigenvalue weighted by Gasteiger charge is 2.26. The normalized spacial score (nSPS) is 17.3. The van der Waals surface area contributed by atoms with E-state index < -0.39 is 0 Å². The third kappa shape index (κ3) is 4.43. The van der Waals surface area contributed by atoms with Gasteiger partial charge in [0.2, 0.25) is 5.89 Å². The van der Waals surface area contributed by atoms with Crippen LogP contribution in [0.15, 0.2) is 4.52 Å². The van der Waals surface area contributed by atoms with E-state index in [9.17, 15) is 0 Å². The number of anilines is 1. The maximum Gasteiger partial charge on any atom is 0.266 e. The van der Waals surface area contributed by atoms with E-state index in [4.69, 9.17) is 4.52 Å². The molecule has 5 nitrogen and oxygen atoms in total. The van der Waals surface area contributed by atoms with Crippen LogP contribution in [0.5, 0.6) is 0 Å². The van der Waals surface area contributed by atoms with Crippen molar-refractivity contribution in [3.8, 4) is 0 Å². The summed E-state index contributed by atoms with van der Waals surface area (Å²) in [6.45, 7) is 9.33. The van der Waals surface area contributed by atoms with E-state index in [0.717, 1.165) is 50.2 Å². The Balaban J connectivity index is 1.98. The fourth-order valence-electron chi connectivity index (χ4n) is 3.25. The third-order valence-electron chi connectivity index (χ3n) is 4.52. The average Bonchev–Trinajstić information content (AvgIpc) is 3.16. The number of hydrogen-bond acceptors (Lipinski definition) is 5. The Morgan fingerprint density at radius 3 is 2.57 bits per heavy atom. The molecule has 1 aromatic heterocycles. The standard InChI is InChI=1S/C16H30N4O/c1-4-11-17-14(13-9-7-8-10-13)12-15-18-16(19-21-15)20(5-2)6-3/h13-14,17H,4-12H2,1-3H3. The van der Waals surface area contributed by atoms with Crippen LogP contribution in [-0.2, 0) is 6.42 Å². The van der Waals surface area contributed by atoms with Crippen molar-refractivity contribution in [1.29, 1.82) is 0 Å². The van der Waals surface area contributed by atoms with Crippen LogP contribution in [0.3, 0.4) is 0 Å². The zero-order chi connectivity index (χ0) is 15.1. The van der Waals surface area contributed by atoms with E-state index in [1.165, 1.54) is 25.7 Å². The maximum absolute atomic E-state index is 5.48. The zero-order valence-electron chi connectivity index (χ0n) is 13.8. The molecule has 1 saturated carbocycles. The first-order valence-corrected chi connectivity index (χ1v) is 8.59. The zero-order valence-corrected chi connectivity index (χ0v) is 13.8. The molecule has 1 aromatic rings. The van der Waals surface area contributed by atoms with Crippen LogP contribution in [0, 0.1) is 5.92 Å². The molecule has 0 amide bonds. The number of nitrogens with zero attached hydrogens (tertiary/aromatic N) is 3. The molecule has 2 rings (SSSR count). The first-order chi connectivity index (χ1) is 10.3. The van der Waals surface area contributed by atoms with Crippen LogP contribution >= 0.6 is 0 Å². The molecule has 0 spiro atoms. The lowest BCUT2D eigenvalue weighted by molar-refractivity contribution is 0.308. The lowest BCUT2D eigenvalue weighted by Crippen LogP contribution is -2.37. The molecule has 1 heterocycles. The van der Waals surface area contributed by atoms with Gasteiger partial charge in [-0.1, -0.05) is 19.8 Å². The van der Waals surface area contributed by atoms with Crippen molar-refractivity contribution in [2.75, 3.05) is 24.5 Å². The highest BCUT2D eigenvalue weighted by Crippen LogP contribution is 2.29. The molecular formula is C16H30N4O. The SMILES string of the molecule is CCCNC(Cc1nc(N(CC)CC)no1)C1CCCC1. The Labute approximate surface area is 128 Å². The van der Waals surface area contributed by atoms with Gasteiger partial charge in [-0.25, -0.2) is 0 Å². The molecule has 1 atom stereocenters. The van der Waals surface area contributed by atoms with Crippen LogP contribution < -0.4 is 10.2 Å². The van der Waals surface area contributed by atoms with E-state index in [1.54, 1.807) is 0 Å². The smallest absolute Gasteiger partial charge is 0.266 e. The molecule has 1 aliphatic rings. The van der Waals surface area contributed by atoms with E-state index in [2.05, 4.69) is 41.1 Å². The largest absolute Gasteiger partial charge is 0.339 e. The predicted molar refractivity (Wildman–Crippen MR) is 85.6 cm³/mol. The van der Waals surface area contributed by atoms with Gasteiger partial charge < -0.3 is 14.7 Å². The predicted octanol–water partition coefficient (Wildman–Crippen LogP) is 3.02. The van der Waals surface area contributed by atoms with Crippen molar-refractivity contribution in [3.05, 3.63) is 5.89 Å². The second-order valence-corrected chi connectivity index (χ2v) is 5.97. The lowest BCUT2D eigenvalue weighted by atomic mass is 9.95. The van der Waals surface area contributed by atoms with Gasteiger partial charge >= 0.3 is 0 Å². The van der Waals surface area contributed by atoms with Gasteiger partial charge in [-0.2, -0.15) is 4.98 Å². The second-order valence-electron chi connectivity index (χ2n) is 5.97. The molecule has 120 valence electrons. The van der Waals surface area contributed by atoms with E-state index >= 15 is 0 Å². The number of rotatable bonds is 9. The van der Waals surface area contributed by atoms with Crippen molar-refractivity contribution in [2.45, 2.75) is 65.3 Å². The first kappa shape index (κ1) is 16.3. The molecule has 1 N–H and O–H groups in total. The maximum atomic E-state index is 5.48. The van der Waals surface area contributed by atoms with Gasteiger partial charge in [0.1, 0.15) is 0 Å². The minimum Gasteiger partial charge on any atom is -0.339 e. The van der Waals surface area contributed by atoms with E-state index in [0.29, 0.717) is 6.04 Å². The summed E-state index contributed by atoms with van der Waals surface area (Å²) in [5, 5.41) is 7.82. The van der Waals surface area contributed by atoms with Crippen molar-refractivity contribution in [3.63, 3.8) is 0 Å². The monoisotopic (exact) mass is 294 g/mol. The topological polar surface area (TPSA) is 54.2 Å². The van der Waals surface area contributed by atoms with Crippen LogP contribution in [0.1, 0.15) is 58.8 Å². The molecule has 21 heavy (non-hydrogen) atoms. The second kappa shape index (κ2) is 8.37. The number of hydrogen-bond donors (Lipinski definition) is 1. The Hall–Kier alpha value is -1.10. The van der Waals surface area contributed by atoms with Crippen LogP contribution in [-0.4, -0.2) is 35.8 Å². The van der Waals surface area contributed by atoms with Gasteiger partial charge in [-0.3, -0.25) is 0 Å². The molecule has 0 saturated heterocycles. The fraction of sp³-hybridized carbons (Fsp3) is 0.875. The Morgan fingerprint density at radius 2 is 1.95 bits per heavy atom. The van der Waals surface area contributed by atoms with Crippen LogP contribution in [0.4, 0.5) is 5.95 Å². The molecule has 1 aliphatic carbocycles. The summed E-state index contributed by atoms with van der Waals surface area (Å²) in [7, 11) is 0. The summed E-state index contributed by atoms with van der Waals surface area (Å²) in [5.74, 6) is 2.27. The minimum absolute atomic E-state index is 0.484. The average molecular weight is 294 g/mol. The van der Waals surface area contributed by atoms with Gasteiger partial charge in [0.25, 0.3) is 5.95 Å². The van der Waals surface area contributed by atoms with Crippen LogP contribution in [0.25, 0.3) is 0 Å². The Bertz CT molecular complexity index is 397. The quantitative estimate of drug-likeness (QED) is 0.758. The molecule has 1 unspecified atom stereocenters. The van der Waals surface area contributed by atoms with Gasteiger partial charge in [0, 0.05) is 25.6 Å². The molecule has 5 heteroatoms. The molecule has 0 aromatic carbocycles. The molecule has 0 aliphatic heterocycles. The van der Waals surface area contributed by atoms with Gasteiger partial charge in [0.15, 0.2) is 0 Å². The summed E-state index contributed by atoms with van der Waals surface area (Å²) in [6, 6.07) is 0.484. The molecule has 1 fully saturated rings. The van der Waals surface area contributed by atoms with E-state index in [1.807, 2.05) is 0 Å². The molecule has 0 bridgehead atoms. The minimum atomic E-state index is 0.484. The summed E-state index contributed by atoms with van der Waals surface area (Å²) in [5.41, 5.74) is 0. The lowest BCUT2D eigenvalue weighted by Gasteiger charge is -2.23. The highest BCUT2D eigenvalue weighted by atomic mass is 16.5. The molecule has 0 radical (unpaired) electrons. The van der Waals surface area contributed by atoms with Gasteiger partial charge in [-0.15, -0.1) is 0 Å². The third-order valence-corrected chi connectivity index (χ3v) is 4.52. The van der Waals surface area contributed by atoms with Gasteiger partial charge in [0.05, 0.1) is 0 Å². The van der Waals surface area contributed by atoms with E-state index in [-0.39, 0.29) is 0 Å². The number of nitrogens with one attached hydrogen (secondary N) is 1. The molecular weight excluding hydrogens is 264 g/mol. The Kier molecular flexibility index (Phi) is 6.49. The van der Waals surface area contributed by atoms with Crippen LogP contribution in [0.2, 0.25) is 0 Å². The summed E-state index contributed by atoms with van der Waals surface area (Å²) in [6.07, 6.45) is 7.42. The number of aromatic nitrogens is 2. The summed E-state index contributed by atoms with van der Waals surface area (Å²) < 4.78 is 5.48.